The number of likely N-dealkylation sites (tertiary alicyclic amines) is 1. The fourth-order valence-corrected chi connectivity index (χ4v) is 4.00. The fourth-order valence-electron chi connectivity index (χ4n) is 4.00. The Labute approximate surface area is 180 Å². The number of benzene rings is 2. The molecular formula is C24H26F3N3O. The Balaban J connectivity index is 1.46. The summed E-state index contributed by atoms with van der Waals surface area (Å²) in [5.74, 6) is 0.697. The van der Waals surface area contributed by atoms with Crippen LogP contribution in [0.1, 0.15) is 31.9 Å². The van der Waals surface area contributed by atoms with Crippen LogP contribution in [0.15, 0.2) is 60.7 Å². The molecule has 3 aromatic rings. The van der Waals surface area contributed by atoms with Gasteiger partial charge in [-0.3, -0.25) is 0 Å². The lowest BCUT2D eigenvalue weighted by atomic mass is 10.1. The standard InChI is InChI=1S/C24H26F3N3O/c1-18-7-5-14-29(18)15-6-16-31-21-12-10-20(11-13-21)30-22(19-8-3-2-4-9-19)17-23(28-30)24(25,26)27/h2-4,8-13,17-18H,5-7,14-16H2,1H3. The van der Waals surface area contributed by atoms with E-state index in [-0.39, 0.29) is 0 Å². The van der Waals surface area contributed by atoms with E-state index in [1.54, 1.807) is 48.5 Å². The molecule has 1 aliphatic heterocycles. The van der Waals surface area contributed by atoms with E-state index in [4.69, 9.17) is 4.74 Å². The molecule has 0 saturated carbocycles. The van der Waals surface area contributed by atoms with E-state index in [2.05, 4.69) is 16.9 Å². The van der Waals surface area contributed by atoms with Gasteiger partial charge in [0.1, 0.15) is 5.75 Å². The fraction of sp³-hybridized carbons (Fsp3) is 0.375. The normalized spacial score (nSPS) is 17.2. The largest absolute Gasteiger partial charge is 0.494 e. The van der Waals surface area contributed by atoms with Gasteiger partial charge in [-0.15, -0.1) is 0 Å². The molecule has 0 radical (unpaired) electrons. The van der Waals surface area contributed by atoms with Crippen LogP contribution < -0.4 is 4.74 Å². The molecule has 1 aliphatic rings. The lowest BCUT2D eigenvalue weighted by Crippen LogP contribution is -2.28. The molecule has 1 unspecified atom stereocenters. The highest BCUT2D eigenvalue weighted by Crippen LogP contribution is 2.33. The third kappa shape index (κ3) is 5.10. The second-order valence-electron chi connectivity index (χ2n) is 7.91. The first-order chi connectivity index (χ1) is 14.9. The maximum Gasteiger partial charge on any atom is 0.435 e. The molecule has 1 aromatic heterocycles. The summed E-state index contributed by atoms with van der Waals surface area (Å²) < 4.78 is 47.0. The first-order valence-electron chi connectivity index (χ1n) is 10.6. The van der Waals surface area contributed by atoms with Gasteiger partial charge < -0.3 is 9.64 Å². The molecular weight excluding hydrogens is 403 g/mol. The van der Waals surface area contributed by atoms with Crippen LogP contribution in [0.3, 0.4) is 0 Å². The van der Waals surface area contributed by atoms with Gasteiger partial charge in [-0.05, 0) is 63.1 Å². The number of halogens is 3. The molecule has 0 amide bonds. The van der Waals surface area contributed by atoms with Crippen molar-refractivity contribution < 1.29 is 17.9 Å². The number of hydrogen-bond acceptors (Lipinski definition) is 3. The zero-order valence-corrected chi connectivity index (χ0v) is 17.5. The van der Waals surface area contributed by atoms with E-state index in [1.807, 2.05) is 6.07 Å². The van der Waals surface area contributed by atoms with Crippen molar-refractivity contribution in [1.82, 2.24) is 14.7 Å². The Kier molecular flexibility index (Phi) is 6.32. The average molecular weight is 429 g/mol. The first-order valence-corrected chi connectivity index (χ1v) is 10.6. The third-order valence-corrected chi connectivity index (χ3v) is 5.70. The minimum absolute atomic E-state index is 0.390. The van der Waals surface area contributed by atoms with Crippen molar-refractivity contribution in [2.24, 2.45) is 0 Å². The zero-order chi connectivity index (χ0) is 21.8. The van der Waals surface area contributed by atoms with E-state index in [9.17, 15) is 13.2 Å². The molecule has 7 heteroatoms. The lowest BCUT2D eigenvalue weighted by molar-refractivity contribution is -0.141. The van der Waals surface area contributed by atoms with Gasteiger partial charge in [-0.1, -0.05) is 30.3 Å². The molecule has 0 N–H and O–H groups in total. The van der Waals surface area contributed by atoms with Crippen LogP contribution in [0.4, 0.5) is 13.2 Å². The molecule has 0 bridgehead atoms. The highest BCUT2D eigenvalue weighted by atomic mass is 19.4. The molecule has 4 rings (SSSR count). The third-order valence-electron chi connectivity index (χ3n) is 5.70. The summed E-state index contributed by atoms with van der Waals surface area (Å²) >= 11 is 0. The Morgan fingerprint density at radius 3 is 2.45 bits per heavy atom. The van der Waals surface area contributed by atoms with Crippen LogP contribution in [0, 0.1) is 0 Å². The zero-order valence-electron chi connectivity index (χ0n) is 17.5. The first kappa shape index (κ1) is 21.4. The van der Waals surface area contributed by atoms with Crippen molar-refractivity contribution in [2.45, 2.75) is 38.4 Å². The monoisotopic (exact) mass is 429 g/mol. The smallest absolute Gasteiger partial charge is 0.435 e. The summed E-state index contributed by atoms with van der Waals surface area (Å²) in [6.07, 6.45) is -1.04. The summed E-state index contributed by atoms with van der Waals surface area (Å²) in [6, 6.07) is 17.7. The Bertz CT molecular complexity index is 984. The number of alkyl halides is 3. The maximum absolute atomic E-state index is 13.3. The van der Waals surface area contributed by atoms with E-state index in [0.717, 1.165) is 25.6 Å². The molecule has 2 heterocycles. The van der Waals surface area contributed by atoms with E-state index in [1.165, 1.54) is 17.5 Å². The molecule has 0 spiro atoms. The second-order valence-corrected chi connectivity index (χ2v) is 7.91. The topological polar surface area (TPSA) is 30.3 Å². The van der Waals surface area contributed by atoms with Gasteiger partial charge >= 0.3 is 6.18 Å². The van der Waals surface area contributed by atoms with Crippen molar-refractivity contribution in [3.05, 3.63) is 66.4 Å². The lowest BCUT2D eigenvalue weighted by Gasteiger charge is -2.20. The van der Waals surface area contributed by atoms with E-state index < -0.39 is 11.9 Å². The number of aromatic nitrogens is 2. The van der Waals surface area contributed by atoms with Crippen LogP contribution in [-0.4, -0.2) is 40.4 Å². The summed E-state index contributed by atoms with van der Waals surface area (Å²) in [6.45, 7) is 5.05. The molecule has 4 nitrogen and oxygen atoms in total. The molecule has 1 fully saturated rings. The highest BCUT2D eigenvalue weighted by Gasteiger charge is 2.35. The molecule has 31 heavy (non-hydrogen) atoms. The highest BCUT2D eigenvalue weighted by molar-refractivity contribution is 5.63. The van der Waals surface area contributed by atoms with Crippen LogP contribution in [0.2, 0.25) is 0 Å². The van der Waals surface area contributed by atoms with Gasteiger partial charge in [-0.2, -0.15) is 18.3 Å². The summed E-state index contributed by atoms with van der Waals surface area (Å²) in [5, 5.41) is 3.83. The predicted molar refractivity (Wildman–Crippen MR) is 114 cm³/mol. The summed E-state index contributed by atoms with van der Waals surface area (Å²) in [4.78, 5) is 2.48. The van der Waals surface area contributed by atoms with Crippen molar-refractivity contribution >= 4 is 0 Å². The van der Waals surface area contributed by atoms with E-state index >= 15 is 0 Å². The van der Waals surface area contributed by atoms with Crippen LogP contribution in [0.5, 0.6) is 5.75 Å². The number of ether oxygens (including phenoxy) is 1. The molecule has 2 aromatic carbocycles. The molecule has 164 valence electrons. The SMILES string of the molecule is CC1CCCN1CCCOc1ccc(-n2nc(C(F)(F)F)cc2-c2ccccc2)cc1. The number of rotatable bonds is 7. The summed E-state index contributed by atoms with van der Waals surface area (Å²) in [7, 11) is 0. The minimum Gasteiger partial charge on any atom is -0.494 e. The van der Waals surface area contributed by atoms with Gasteiger partial charge in [0.05, 0.1) is 18.0 Å². The Hall–Kier alpha value is -2.80. The average Bonchev–Trinajstić information content (AvgIpc) is 3.39. The Morgan fingerprint density at radius 2 is 1.81 bits per heavy atom. The van der Waals surface area contributed by atoms with Gasteiger partial charge in [0.25, 0.3) is 0 Å². The minimum atomic E-state index is -4.51. The van der Waals surface area contributed by atoms with Crippen molar-refractivity contribution in [3.63, 3.8) is 0 Å². The number of hydrogen-bond donors (Lipinski definition) is 0. The van der Waals surface area contributed by atoms with E-state index in [0.29, 0.717) is 35.3 Å². The van der Waals surface area contributed by atoms with Crippen molar-refractivity contribution in [2.75, 3.05) is 19.7 Å². The van der Waals surface area contributed by atoms with Gasteiger partial charge in [-0.25, -0.2) is 4.68 Å². The molecule has 1 saturated heterocycles. The number of nitrogens with zero attached hydrogens (tertiary/aromatic N) is 3. The second kappa shape index (κ2) is 9.14. The predicted octanol–water partition coefficient (Wildman–Crippen LogP) is 5.81. The molecule has 1 atom stereocenters. The molecule has 0 aliphatic carbocycles. The van der Waals surface area contributed by atoms with Crippen LogP contribution in [-0.2, 0) is 6.18 Å². The van der Waals surface area contributed by atoms with Crippen LogP contribution in [0.25, 0.3) is 16.9 Å². The maximum atomic E-state index is 13.3. The quantitative estimate of drug-likeness (QED) is 0.444. The van der Waals surface area contributed by atoms with Crippen LogP contribution >= 0.6 is 0 Å². The summed E-state index contributed by atoms with van der Waals surface area (Å²) in [5.41, 5.74) is 0.693. The van der Waals surface area contributed by atoms with Crippen molar-refractivity contribution in [3.8, 4) is 22.7 Å². The van der Waals surface area contributed by atoms with Crippen molar-refractivity contribution in [1.29, 1.82) is 0 Å². The Morgan fingerprint density at radius 1 is 1.06 bits per heavy atom. The van der Waals surface area contributed by atoms with Gasteiger partial charge in [0.15, 0.2) is 5.69 Å². The van der Waals surface area contributed by atoms with Gasteiger partial charge in [0.2, 0.25) is 0 Å². The van der Waals surface area contributed by atoms with Gasteiger partial charge in [0, 0.05) is 18.2 Å².